The van der Waals surface area contributed by atoms with E-state index in [9.17, 15) is 13.2 Å². The SMILES string of the molecule is COc1ccc(C(=O)O)cc1S(=O)(=O)N(C)Cc1cccs1. The van der Waals surface area contributed by atoms with Crippen molar-refractivity contribution in [1.29, 1.82) is 0 Å². The molecule has 0 bridgehead atoms. The van der Waals surface area contributed by atoms with Crippen molar-refractivity contribution >= 4 is 27.3 Å². The van der Waals surface area contributed by atoms with E-state index in [-0.39, 0.29) is 22.8 Å². The Morgan fingerprint density at radius 2 is 2.09 bits per heavy atom. The van der Waals surface area contributed by atoms with Gasteiger partial charge in [0.25, 0.3) is 0 Å². The van der Waals surface area contributed by atoms with Gasteiger partial charge in [-0.2, -0.15) is 4.31 Å². The normalized spacial score (nSPS) is 11.6. The van der Waals surface area contributed by atoms with E-state index >= 15 is 0 Å². The molecule has 1 heterocycles. The van der Waals surface area contributed by atoms with Crippen LogP contribution < -0.4 is 4.74 Å². The molecular formula is C14H15NO5S2. The van der Waals surface area contributed by atoms with Crippen LogP contribution in [0.1, 0.15) is 15.2 Å². The third-order valence-electron chi connectivity index (χ3n) is 3.06. The van der Waals surface area contributed by atoms with Gasteiger partial charge >= 0.3 is 5.97 Å². The molecule has 1 N–H and O–H groups in total. The molecule has 0 aliphatic heterocycles. The molecule has 1 aromatic carbocycles. The zero-order valence-electron chi connectivity index (χ0n) is 12.0. The van der Waals surface area contributed by atoms with E-state index in [1.54, 1.807) is 0 Å². The number of ether oxygens (including phenoxy) is 1. The van der Waals surface area contributed by atoms with Crippen molar-refractivity contribution in [3.05, 3.63) is 46.2 Å². The molecule has 0 saturated heterocycles. The van der Waals surface area contributed by atoms with Gasteiger partial charge in [-0.15, -0.1) is 11.3 Å². The molecular weight excluding hydrogens is 326 g/mol. The highest BCUT2D eigenvalue weighted by Crippen LogP contribution is 2.28. The lowest BCUT2D eigenvalue weighted by molar-refractivity contribution is 0.0696. The standard InChI is InChI=1S/C14H15NO5S2/c1-15(9-11-4-3-7-21-11)22(18,19)13-8-10(14(16)17)5-6-12(13)20-2/h3-8H,9H2,1-2H3,(H,16,17). The monoisotopic (exact) mass is 341 g/mol. The molecule has 118 valence electrons. The smallest absolute Gasteiger partial charge is 0.335 e. The first-order chi connectivity index (χ1) is 10.4. The van der Waals surface area contributed by atoms with E-state index in [1.807, 2.05) is 17.5 Å². The Morgan fingerprint density at radius 1 is 1.36 bits per heavy atom. The fraction of sp³-hybridized carbons (Fsp3) is 0.214. The molecule has 1 aromatic heterocycles. The molecule has 0 fully saturated rings. The molecule has 0 saturated carbocycles. The van der Waals surface area contributed by atoms with Gasteiger partial charge < -0.3 is 9.84 Å². The van der Waals surface area contributed by atoms with Crippen LogP contribution in [0.5, 0.6) is 5.75 Å². The summed E-state index contributed by atoms with van der Waals surface area (Å²) in [6, 6.07) is 7.43. The Labute approximate surface area is 132 Å². The lowest BCUT2D eigenvalue weighted by atomic mass is 10.2. The number of rotatable bonds is 6. The number of hydrogen-bond donors (Lipinski definition) is 1. The third-order valence-corrected chi connectivity index (χ3v) is 5.74. The Balaban J connectivity index is 2.43. The summed E-state index contributed by atoms with van der Waals surface area (Å²) >= 11 is 1.45. The number of carbonyl (C=O) groups is 1. The number of hydrogen-bond acceptors (Lipinski definition) is 5. The van der Waals surface area contributed by atoms with Gasteiger partial charge in [-0.25, -0.2) is 13.2 Å². The summed E-state index contributed by atoms with van der Waals surface area (Å²) in [6.07, 6.45) is 0. The van der Waals surface area contributed by atoms with E-state index in [2.05, 4.69) is 0 Å². The predicted octanol–water partition coefficient (Wildman–Crippen LogP) is 2.28. The maximum absolute atomic E-state index is 12.7. The van der Waals surface area contributed by atoms with Crippen LogP contribution in [-0.4, -0.2) is 38.0 Å². The van der Waals surface area contributed by atoms with Crippen LogP contribution in [-0.2, 0) is 16.6 Å². The number of aromatic carboxylic acids is 1. The van der Waals surface area contributed by atoms with Crippen LogP contribution in [0.3, 0.4) is 0 Å². The van der Waals surface area contributed by atoms with E-state index < -0.39 is 16.0 Å². The molecule has 2 rings (SSSR count). The van der Waals surface area contributed by atoms with Crippen LogP contribution in [0.15, 0.2) is 40.6 Å². The number of sulfonamides is 1. The number of thiophene rings is 1. The zero-order chi connectivity index (χ0) is 16.3. The fourth-order valence-electron chi connectivity index (χ4n) is 1.89. The number of carboxylic acid groups (broad SMARTS) is 1. The molecule has 6 nitrogen and oxygen atoms in total. The van der Waals surface area contributed by atoms with Gasteiger partial charge in [-0.1, -0.05) is 6.07 Å². The zero-order valence-corrected chi connectivity index (χ0v) is 13.6. The first-order valence-corrected chi connectivity index (χ1v) is 8.58. The lowest BCUT2D eigenvalue weighted by Gasteiger charge is -2.18. The van der Waals surface area contributed by atoms with Crippen LogP contribution in [0.25, 0.3) is 0 Å². The van der Waals surface area contributed by atoms with E-state index in [0.29, 0.717) is 0 Å². The van der Waals surface area contributed by atoms with Crippen LogP contribution in [0.4, 0.5) is 0 Å². The number of benzene rings is 1. The fourth-order valence-corrected chi connectivity index (χ4v) is 4.05. The Kier molecular flexibility index (Phi) is 4.84. The van der Waals surface area contributed by atoms with Crippen LogP contribution in [0, 0.1) is 0 Å². The number of nitrogens with zero attached hydrogens (tertiary/aromatic N) is 1. The average Bonchev–Trinajstić information content (AvgIpc) is 2.99. The molecule has 0 unspecified atom stereocenters. The molecule has 0 aliphatic rings. The molecule has 0 atom stereocenters. The van der Waals surface area contributed by atoms with Gasteiger partial charge in [0, 0.05) is 18.5 Å². The second kappa shape index (κ2) is 6.47. The highest BCUT2D eigenvalue weighted by molar-refractivity contribution is 7.89. The predicted molar refractivity (Wildman–Crippen MR) is 82.9 cm³/mol. The summed E-state index contributed by atoms with van der Waals surface area (Å²) < 4.78 is 31.6. The maximum atomic E-state index is 12.7. The Morgan fingerprint density at radius 3 is 2.64 bits per heavy atom. The third kappa shape index (κ3) is 3.29. The molecule has 0 aliphatic carbocycles. The van der Waals surface area contributed by atoms with Gasteiger partial charge in [0.15, 0.2) is 0 Å². The van der Waals surface area contributed by atoms with Crippen molar-refractivity contribution in [2.45, 2.75) is 11.4 Å². The first-order valence-electron chi connectivity index (χ1n) is 6.26. The summed E-state index contributed by atoms with van der Waals surface area (Å²) in [6.45, 7) is 0.209. The van der Waals surface area contributed by atoms with Gasteiger partial charge in [0.05, 0.1) is 12.7 Å². The highest BCUT2D eigenvalue weighted by atomic mass is 32.2. The summed E-state index contributed by atoms with van der Waals surface area (Å²) in [4.78, 5) is 11.8. The van der Waals surface area contributed by atoms with Crippen LogP contribution >= 0.6 is 11.3 Å². The van der Waals surface area contributed by atoms with Crippen molar-refractivity contribution in [3.63, 3.8) is 0 Å². The van der Waals surface area contributed by atoms with Crippen molar-refractivity contribution in [2.75, 3.05) is 14.2 Å². The number of methoxy groups -OCH3 is 1. The Bertz CT molecular complexity index is 769. The molecule has 2 aromatic rings. The summed E-state index contributed by atoms with van der Waals surface area (Å²) in [7, 11) is -1.07. The Hall–Kier alpha value is -1.90. The van der Waals surface area contributed by atoms with Crippen molar-refractivity contribution in [3.8, 4) is 5.75 Å². The first kappa shape index (κ1) is 16.5. The summed E-state index contributed by atoms with van der Waals surface area (Å²) in [5.41, 5.74) is -0.108. The number of carboxylic acids is 1. The molecule has 8 heteroatoms. The van der Waals surface area contributed by atoms with Crippen LogP contribution in [0.2, 0.25) is 0 Å². The maximum Gasteiger partial charge on any atom is 0.335 e. The van der Waals surface area contributed by atoms with E-state index in [4.69, 9.17) is 9.84 Å². The summed E-state index contributed by atoms with van der Waals surface area (Å²) in [5.74, 6) is -1.08. The van der Waals surface area contributed by atoms with Gasteiger partial charge in [0.2, 0.25) is 10.0 Å². The van der Waals surface area contributed by atoms with Gasteiger partial charge in [0.1, 0.15) is 10.6 Å². The minimum Gasteiger partial charge on any atom is -0.495 e. The minimum atomic E-state index is -3.86. The molecule has 0 radical (unpaired) electrons. The van der Waals surface area contributed by atoms with Crippen molar-refractivity contribution in [1.82, 2.24) is 4.31 Å². The molecule has 0 spiro atoms. The second-order valence-corrected chi connectivity index (χ2v) is 7.56. The molecule has 0 amide bonds. The van der Waals surface area contributed by atoms with Crippen molar-refractivity contribution < 1.29 is 23.1 Å². The highest BCUT2D eigenvalue weighted by Gasteiger charge is 2.26. The van der Waals surface area contributed by atoms with Gasteiger partial charge in [-0.3, -0.25) is 0 Å². The topological polar surface area (TPSA) is 83.9 Å². The largest absolute Gasteiger partial charge is 0.495 e. The van der Waals surface area contributed by atoms with Gasteiger partial charge in [-0.05, 0) is 29.6 Å². The van der Waals surface area contributed by atoms with E-state index in [1.165, 1.54) is 41.9 Å². The quantitative estimate of drug-likeness (QED) is 0.871. The van der Waals surface area contributed by atoms with E-state index in [0.717, 1.165) is 10.9 Å². The second-order valence-electron chi connectivity index (χ2n) is 4.51. The summed E-state index contributed by atoms with van der Waals surface area (Å²) in [5, 5.41) is 10.9. The minimum absolute atomic E-state index is 0.108. The lowest BCUT2D eigenvalue weighted by Crippen LogP contribution is -2.26. The molecule has 22 heavy (non-hydrogen) atoms. The van der Waals surface area contributed by atoms with Crippen molar-refractivity contribution in [2.24, 2.45) is 0 Å². The average molecular weight is 341 g/mol.